The molecule has 0 spiro atoms. The second kappa shape index (κ2) is 9.50. The molecule has 1 aliphatic carbocycles. The Hall–Kier alpha value is -1.89. The third-order valence-electron chi connectivity index (χ3n) is 6.44. The van der Waals surface area contributed by atoms with Crippen molar-refractivity contribution in [2.75, 3.05) is 50.0 Å². The number of rotatable bonds is 5. The average molecular weight is 444 g/mol. The number of pyridine rings is 1. The molecule has 0 unspecified atom stereocenters. The lowest BCUT2D eigenvalue weighted by Gasteiger charge is -2.33. The molecule has 1 aliphatic heterocycles. The lowest BCUT2D eigenvalue weighted by atomic mass is 9.79. The van der Waals surface area contributed by atoms with Crippen molar-refractivity contribution in [1.82, 2.24) is 15.2 Å². The number of halogens is 1. The minimum Gasteiger partial charge on any atom is -0.362 e. The Morgan fingerprint density at radius 3 is 2.40 bits per heavy atom. The Labute approximate surface area is 189 Å². The zero-order chi connectivity index (χ0) is 21.0. The number of aromatic nitrogens is 1. The van der Waals surface area contributed by atoms with Crippen molar-refractivity contribution < 1.29 is 0 Å². The van der Waals surface area contributed by atoms with Crippen LogP contribution in [0.2, 0.25) is 5.02 Å². The SMILES string of the molecule is CN1CCN(c2ccc(NC(=S)NCC3(c4ccc(Cl)cc4)CCCC3)cn2)CC1. The molecule has 0 bridgehead atoms. The predicted octanol–water partition coefficient (Wildman–Crippen LogP) is 4.29. The van der Waals surface area contributed by atoms with Crippen molar-refractivity contribution in [2.24, 2.45) is 0 Å². The Morgan fingerprint density at radius 2 is 1.77 bits per heavy atom. The van der Waals surface area contributed by atoms with Crippen LogP contribution in [-0.4, -0.2) is 54.8 Å². The van der Waals surface area contributed by atoms with Crippen LogP contribution < -0.4 is 15.5 Å². The van der Waals surface area contributed by atoms with E-state index in [1.165, 1.54) is 31.2 Å². The van der Waals surface area contributed by atoms with E-state index in [1.807, 2.05) is 18.3 Å². The normalized spacial score (nSPS) is 18.9. The molecule has 30 heavy (non-hydrogen) atoms. The van der Waals surface area contributed by atoms with E-state index in [0.29, 0.717) is 5.11 Å². The quantitative estimate of drug-likeness (QED) is 0.672. The molecule has 2 fully saturated rings. The lowest BCUT2D eigenvalue weighted by Crippen LogP contribution is -2.44. The van der Waals surface area contributed by atoms with E-state index in [-0.39, 0.29) is 5.41 Å². The number of hydrogen-bond acceptors (Lipinski definition) is 4. The Balaban J connectivity index is 1.33. The van der Waals surface area contributed by atoms with Crippen molar-refractivity contribution in [3.8, 4) is 0 Å². The van der Waals surface area contributed by atoms with Crippen LogP contribution in [0.15, 0.2) is 42.6 Å². The molecule has 1 saturated carbocycles. The highest BCUT2D eigenvalue weighted by Crippen LogP contribution is 2.41. The van der Waals surface area contributed by atoms with Gasteiger partial charge in [-0.05, 0) is 61.9 Å². The van der Waals surface area contributed by atoms with Gasteiger partial charge in [0.05, 0.1) is 11.9 Å². The fourth-order valence-corrected chi connectivity index (χ4v) is 4.85. The first-order valence-corrected chi connectivity index (χ1v) is 11.5. The van der Waals surface area contributed by atoms with Crippen molar-refractivity contribution in [3.63, 3.8) is 0 Å². The fourth-order valence-electron chi connectivity index (χ4n) is 4.53. The van der Waals surface area contributed by atoms with Crippen LogP contribution in [0, 0.1) is 0 Å². The van der Waals surface area contributed by atoms with Crippen molar-refractivity contribution >= 4 is 40.4 Å². The summed E-state index contributed by atoms with van der Waals surface area (Å²) in [6.07, 6.45) is 6.72. The standard InChI is InChI=1S/C23H30ClN5S/c1-28-12-14-29(15-13-28)21-9-8-20(16-25-21)27-22(30)26-17-23(10-2-3-11-23)18-4-6-19(24)7-5-18/h4-9,16H,2-3,10-15,17H2,1H3,(H2,26,27,30). The smallest absolute Gasteiger partial charge is 0.170 e. The van der Waals surface area contributed by atoms with Crippen LogP contribution in [0.25, 0.3) is 0 Å². The largest absolute Gasteiger partial charge is 0.362 e. The second-order valence-corrected chi connectivity index (χ2v) is 9.34. The molecule has 0 radical (unpaired) electrons. The monoisotopic (exact) mass is 443 g/mol. The maximum absolute atomic E-state index is 6.09. The highest BCUT2D eigenvalue weighted by molar-refractivity contribution is 7.80. The first-order chi connectivity index (χ1) is 14.5. The Morgan fingerprint density at radius 1 is 1.07 bits per heavy atom. The van der Waals surface area contributed by atoms with Gasteiger partial charge < -0.3 is 20.4 Å². The second-order valence-electron chi connectivity index (χ2n) is 8.50. The Kier molecular flexibility index (Phi) is 6.76. The van der Waals surface area contributed by atoms with E-state index in [1.54, 1.807) is 0 Å². The van der Waals surface area contributed by atoms with E-state index in [4.69, 9.17) is 23.8 Å². The molecule has 2 heterocycles. The van der Waals surface area contributed by atoms with Gasteiger partial charge in [-0.1, -0.05) is 36.6 Å². The molecular weight excluding hydrogens is 414 g/mol. The summed E-state index contributed by atoms with van der Waals surface area (Å²) >= 11 is 11.7. The molecule has 1 saturated heterocycles. The molecule has 1 aromatic carbocycles. The highest BCUT2D eigenvalue weighted by atomic mass is 35.5. The number of benzene rings is 1. The number of anilines is 2. The summed E-state index contributed by atoms with van der Waals surface area (Å²) in [5.41, 5.74) is 2.38. The minimum atomic E-state index is 0.125. The number of piperazine rings is 1. The summed E-state index contributed by atoms with van der Waals surface area (Å²) in [5, 5.41) is 8.17. The van der Waals surface area contributed by atoms with Gasteiger partial charge in [0.15, 0.2) is 5.11 Å². The fraction of sp³-hybridized carbons (Fsp3) is 0.478. The summed E-state index contributed by atoms with van der Waals surface area (Å²) in [7, 11) is 2.16. The molecule has 0 amide bonds. The third kappa shape index (κ3) is 5.05. The molecule has 4 rings (SSSR count). The first-order valence-electron chi connectivity index (χ1n) is 10.7. The van der Waals surface area contributed by atoms with Gasteiger partial charge in [0, 0.05) is 43.2 Å². The predicted molar refractivity (Wildman–Crippen MR) is 130 cm³/mol. The summed E-state index contributed by atoms with van der Waals surface area (Å²) in [4.78, 5) is 9.31. The molecule has 2 aliphatic rings. The van der Waals surface area contributed by atoms with Crippen molar-refractivity contribution in [3.05, 3.63) is 53.2 Å². The first kappa shape index (κ1) is 21.3. The van der Waals surface area contributed by atoms with Gasteiger partial charge in [0.25, 0.3) is 0 Å². The molecule has 7 heteroatoms. The molecule has 2 aromatic rings. The van der Waals surface area contributed by atoms with Crippen molar-refractivity contribution in [1.29, 1.82) is 0 Å². The van der Waals surface area contributed by atoms with E-state index in [2.05, 4.69) is 56.7 Å². The van der Waals surface area contributed by atoms with Gasteiger partial charge in [-0.25, -0.2) is 4.98 Å². The Bertz CT molecular complexity index is 841. The van der Waals surface area contributed by atoms with Gasteiger partial charge in [-0.15, -0.1) is 0 Å². The molecular formula is C23H30ClN5S. The third-order valence-corrected chi connectivity index (χ3v) is 6.94. The zero-order valence-electron chi connectivity index (χ0n) is 17.5. The average Bonchev–Trinajstić information content (AvgIpc) is 3.24. The van der Waals surface area contributed by atoms with Gasteiger partial charge >= 0.3 is 0 Å². The molecule has 5 nitrogen and oxygen atoms in total. The van der Waals surface area contributed by atoms with E-state index < -0.39 is 0 Å². The summed E-state index contributed by atoms with van der Waals surface area (Å²) < 4.78 is 0. The van der Waals surface area contributed by atoms with Crippen LogP contribution in [0.5, 0.6) is 0 Å². The number of likely N-dealkylation sites (N-methyl/N-ethyl adjacent to an activating group) is 1. The molecule has 1 aromatic heterocycles. The molecule has 0 atom stereocenters. The van der Waals surface area contributed by atoms with Crippen molar-refractivity contribution in [2.45, 2.75) is 31.1 Å². The highest BCUT2D eigenvalue weighted by Gasteiger charge is 2.35. The summed E-state index contributed by atoms with van der Waals surface area (Å²) in [5.74, 6) is 1.03. The van der Waals surface area contributed by atoms with Crippen LogP contribution in [0.4, 0.5) is 11.5 Å². The lowest BCUT2D eigenvalue weighted by molar-refractivity contribution is 0.312. The molecule has 2 N–H and O–H groups in total. The maximum atomic E-state index is 6.09. The zero-order valence-corrected chi connectivity index (χ0v) is 19.1. The molecule has 160 valence electrons. The van der Waals surface area contributed by atoms with E-state index in [0.717, 1.165) is 49.3 Å². The van der Waals surface area contributed by atoms with Gasteiger partial charge in [-0.3, -0.25) is 0 Å². The van der Waals surface area contributed by atoms with Crippen LogP contribution in [0.3, 0.4) is 0 Å². The summed E-state index contributed by atoms with van der Waals surface area (Å²) in [6.45, 7) is 5.01. The van der Waals surface area contributed by atoms with Gasteiger partial charge in [0.2, 0.25) is 0 Å². The number of thiocarbonyl (C=S) groups is 1. The van der Waals surface area contributed by atoms with Gasteiger partial charge in [0.1, 0.15) is 5.82 Å². The maximum Gasteiger partial charge on any atom is 0.170 e. The van der Waals surface area contributed by atoms with E-state index in [9.17, 15) is 0 Å². The summed E-state index contributed by atoms with van der Waals surface area (Å²) in [6, 6.07) is 12.4. The van der Waals surface area contributed by atoms with Crippen LogP contribution in [-0.2, 0) is 5.41 Å². The number of nitrogens with zero attached hydrogens (tertiary/aromatic N) is 3. The minimum absolute atomic E-state index is 0.125. The van der Waals surface area contributed by atoms with Gasteiger partial charge in [-0.2, -0.15) is 0 Å². The van der Waals surface area contributed by atoms with Crippen LogP contribution in [0.1, 0.15) is 31.2 Å². The number of nitrogens with one attached hydrogen (secondary N) is 2. The van der Waals surface area contributed by atoms with Crippen LogP contribution >= 0.6 is 23.8 Å². The van der Waals surface area contributed by atoms with E-state index >= 15 is 0 Å². The number of hydrogen-bond donors (Lipinski definition) is 2. The topological polar surface area (TPSA) is 43.4 Å².